The van der Waals surface area contributed by atoms with Crippen LogP contribution in [0.1, 0.15) is 34.3 Å². The second-order valence-electron chi connectivity index (χ2n) is 7.70. The second-order valence-corrected chi connectivity index (χ2v) is 8.59. The van der Waals surface area contributed by atoms with Gasteiger partial charge in [0.2, 0.25) is 0 Å². The van der Waals surface area contributed by atoms with Crippen LogP contribution in [0.2, 0.25) is 0 Å². The topological polar surface area (TPSA) is 71.5 Å². The minimum absolute atomic E-state index is 0.200. The van der Waals surface area contributed by atoms with Crippen LogP contribution in [0.5, 0.6) is 0 Å². The molecular weight excluding hydrogens is 441 g/mol. The van der Waals surface area contributed by atoms with Crippen molar-refractivity contribution in [1.82, 2.24) is 9.88 Å². The molecule has 0 atom stereocenters. The first-order valence-corrected chi connectivity index (χ1v) is 11.6. The van der Waals surface area contributed by atoms with Gasteiger partial charge in [-0.1, -0.05) is 43.0 Å². The van der Waals surface area contributed by atoms with Gasteiger partial charge in [0.05, 0.1) is 5.01 Å². The molecule has 0 bridgehead atoms. The fraction of sp³-hybridized carbons (Fsp3) is 0.240. The summed E-state index contributed by atoms with van der Waals surface area (Å²) in [7, 11) is 0. The molecule has 3 aromatic rings. The van der Waals surface area contributed by atoms with Crippen LogP contribution >= 0.6 is 11.3 Å². The zero-order chi connectivity index (χ0) is 23.2. The minimum atomic E-state index is -0.327. The molecule has 1 fully saturated rings. The highest BCUT2D eigenvalue weighted by Gasteiger charge is 2.27. The van der Waals surface area contributed by atoms with Crippen molar-refractivity contribution in [2.45, 2.75) is 18.8 Å². The highest BCUT2D eigenvalue weighted by Crippen LogP contribution is 2.32. The summed E-state index contributed by atoms with van der Waals surface area (Å²) in [6.07, 6.45) is 2.76. The van der Waals surface area contributed by atoms with E-state index in [1.807, 2.05) is 24.3 Å². The highest BCUT2D eigenvalue weighted by atomic mass is 32.1. The van der Waals surface area contributed by atoms with E-state index < -0.39 is 0 Å². The summed E-state index contributed by atoms with van der Waals surface area (Å²) in [4.78, 5) is 31.1. The number of rotatable bonds is 6. The number of aromatic nitrogens is 1. The predicted octanol–water partition coefficient (Wildman–Crippen LogP) is 5.70. The fourth-order valence-electron chi connectivity index (χ4n) is 3.77. The van der Waals surface area contributed by atoms with Gasteiger partial charge in [-0.3, -0.25) is 4.79 Å². The largest absolute Gasteiger partial charge is 0.445 e. The van der Waals surface area contributed by atoms with Crippen molar-refractivity contribution in [3.8, 4) is 11.1 Å². The molecule has 2 heterocycles. The molecule has 1 aliphatic rings. The van der Waals surface area contributed by atoms with Crippen LogP contribution < -0.4 is 5.32 Å². The first-order valence-electron chi connectivity index (χ1n) is 10.7. The fourth-order valence-corrected chi connectivity index (χ4v) is 4.74. The van der Waals surface area contributed by atoms with Crippen molar-refractivity contribution >= 4 is 29.0 Å². The van der Waals surface area contributed by atoms with Crippen molar-refractivity contribution in [2.75, 3.05) is 25.0 Å². The number of nitrogens with zero attached hydrogens (tertiary/aromatic N) is 2. The maximum absolute atomic E-state index is 13.3. The summed E-state index contributed by atoms with van der Waals surface area (Å²) in [6.45, 7) is 4.93. The molecule has 0 spiro atoms. The number of hydrogen-bond acceptors (Lipinski definition) is 5. The van der Waals surface area contributed by atoms with Crippen LogP contribution in [0.25, 0.3) is 11.1 Å². The molecule has 0 unspecified atom stereocenters. The van der Waals surface area contributed by atoms with E-state index in [4.69, 9.17) is 4.74 Å². The Balaban J connectivity index is 1.40. The number of likely N-dealkylation sites (tertiary alicyclic amines) is 1. The van der Waals surface area contributed by atoms with Gasteiger partial charge >= 0.3 is 6.09 Å². The summed E-state index contributed by atoms with van der Waals surface area (Å²) in [5.74, 6) is -0.404. The monoisotopic (exact) mass is 465 g/mol. The van der Waals surface area contributed by atoms with Gasteiger partial charge in [-0.2, -0.15) is 0 Å². The summed E-state index contributed by atoms with van der Waals surface area (Å²) in [5, 5.41) is 5.59. The Kier molecular flexibility index (Phi) is 7.14. The average molecular weight is 466 g/mol. The molecule has 1 aliphatic heterocycles. The van der Waals surface area contributed by atoms with E-state index in [0.717, 1.165) is 29.0 Å². The molecule has 1 N–H and O–H groups in total. The van der Waals surface area contributed by atoms with E-state index in [9.17, 15) is 14.0 Å². The van der Waals surface area contributed by atoms with Crippen LogP contribution in [0.4, 0.5) is 14.9 Å². The Morgan fingerprint density at radius 3 is 2.64 bits per heavy atom. The van der Waals surface area contributed by atoms with Gasteiger partial charge in [-0.25, -0.2) is 14.2 Å². The van der Waals surface area contributed by atoms with Gasteiger partial charge in [0.15, 0.2) is 0 Å². The Morgan fingerprint density at radius 1 is 1.18 bits per heavy atom. The number of anilines is 1. The van der Waals surface area contributed by atoms with Crippen LogP contribution in [-0.4, -0.2) is 41.6 Å². The summed E-state index contributed by atoms with van der Waals surface area (Å²) < 4.78 is 18.4. The molecule has 170 valence electrons. The van der Waals surface area contributed by atoms with E-state index in [1.54, 1.807) is 28.5 Å². The Labute approximate surface area is 195 Å². The molecule has 6 nitrogen and oxygen atoms in total. The van der Waals surface area contributed by atoms with Crippen LogP contribution in [-0.2, 0) is 4.74 Å². The third kappa shape index (κ3) is 5.46. The quantitative estimate of drug-likeness (QED) is 0.474. The molecule has 0 aliphatic carbocycles. The first-order chi connectivity index (χ1) is 16.0. The third-order valence-electron chi connectivity index (χ3n) is 5.51. The van der Waals surface area contributed by atoms with E-state index in [2.05, 4.69) is 16.9 Å². The molecule has 0 radical (unpaired) electrons. The molecule has 33 heavy (non-hydrogen) atoms. The molecular formula is C25H24FN3O3S. The summed E-state index contributed by atoms with van der Waals surface area (Å²) in [5.41, 5.74) is 2.60. The lowest BCUT2D eigenvalue weighted by Gasteiger charge is -2.30. The zero-order valence-electron chi connectivity index (χ0n) is 18.0. The maximum Gasteiger partial charge on any atom is 0.410 e. The molecule has 4 rings (SSSR count). The maximum atomic E-state index is 13.3. The van der Waals surface area contributed by atoms with E-state index in [1.165, 1.54) is 23.5 Å². The molecule has 2 amide bonds. The lowest BCUT2D eigenvalue weighted by molar-refractivity contribution is 0.102. The van der Waals surface area contributed by atoms with Gasteiger partial charge < -0.3 is 15.0 Å². The van der Waals surface area contributed by atoms with Gasteiger partial charge in [-0.15, -0.1) is 11.3 Å². The molecule has 1 saturated heterocycles. The Bertz CT molecular complexity index is 1140. The van der Waals surface area contributed by atoms with Crippen molar-refractivity contribution in [3.05, 3.63) is 83.1 Å². The number of thiazole rings is 1. The molecule has 8 heteroatoms. The summed E-state index contributed by atoms with van der Waals surface area (Å²) >= 11 is 1.46. The molecule has 2 aromatic carbocycles. The number of benzene rings is 2. The lowest BCUT2D eigenvalue weighted by Crippen LogP contribution is -2.38. The average Bonchev–Trinajstić information content (AvgIpc) is 3.34. The minimum Gasteiger partial charge on any atom is -0.445 e. The number of carbonyl (C=O) groups excluding carboxylic acids is 2. The van der Waals surface area contributed by atoms with Crippen molar-refractivity contribution in [2.24, 2.45) is 0 Å². The van der Waals surface area contributed by atoms with Gasteiger partial charge in [0.1, 0.15) is 18.1 Å². The predicted molar refractivity (Wildman–Crippen MR) is 127 cm³/mol. The van der Waals surface area contributed by atoms with Gasteiger partial charge in [0.25, 0.3) is 5.91 Å². The number of carbonyl (C=O) groups is 2. The molecule has 1 aromatic heterocycles. The standard InChI is InChI=1S/C25H24FN3O3S/c1-2-15-32-25(31)29-13-11-18(12-14-29)24-28-22(16-33-24)23(30)27-21-6-4-3-5-20(21)17-7-9-19(26)10-8-17/h2-10,16,18H,1,11-15H2,(H,27,30). The van der Waals surface area contributed by atoms with E-state index >= 15 is 0 Å². The Morgan fingerprint density at radius 2 is 1.91 bits per heavy atom. The van der Waals surface area contributed by atoms with Crippen LogP contribution in [0.15, 0.2) is 66.6 Å². The van der Waals surface area contributed by atoms with E-state index in [-0.39, 0.29) is 30.3 Å². The number of para-hydroxylation sites is 1. The number of ether oxygens (including phenoxy) is 1. The van der Waals surface area contributed by atoms with E-state index in [0.29, 0.717) is 24.5 Å². The van der Waals surface area contributed by atoms with Crippen LogP contribution in [0.3, 0.4) is 0 Å². The van der Waals surface area contributed by atoms with Crippen molar-refractivity contribution < 1.29 is 18.7 Å². The molecule has 0 saturated carbocycles. The first kappa shape index (κ1) is 22.7. The number of piperidine rings is 1. The smallest absolute Gasteiger partial charge is 0.410 e. The van der Waals surface area contributed by atoms with Crippen LogP contribution in [0, 0.1) is 5.82 Å². The summed E-state index contributed by atoms with van der Waals surface area (Å²) in [6, 6.07) is 13.5. The SMILES string of the molecule is C=CCOC(=O)N1CCC(c2nc(C(=O)Nc3ccccc3-c3ccc(F)cc3)cs2)CC1. The Hall–Kier alpha value is -3.52. The number of nitrogens with one attached hydrogen (secondary N) is 1. The highest BCUT2D eigenvalue weighted by molar-refractivity contribution is 7.10. The van der Waals surface area contributed by atoms with Crippen molar-refractivity contribution in [3.63, 3.8) is 0 Å². The zero-order valence-corrected chi connectivity index (χ0v) is 18.8. The normalized spacial score (nSPS) is 14.0. The van der Waals surface area contributed by atoms with Gasteiger partial charge in [-0.05, 0) is 36.6 Å². The third-order valence-corrected chi connectivity index (χ3v) is 6.52. The lowest BCUT2D eigenvalue weighted by atomic mass is 9.98. The second kappa shape index (κ2) is 10.4. The number of hydrogen-bond donors (Lipinski definition) is 1. The number of halogens is 1. The van der Waals surface area contributed by atoms with Gasteiger partial charge in [0, 0.05) is 35.6 Å². The van der Waals surface area contributed by atoms with Crippen molar-refractivity contribution in [1.29, 1.82) is 0 Å². The number of amides is 2.